The van der Waals surface area contributed by atoms with Crippen molar-refractivity contribution in [3.8, 4) is 5.75 Å². The van der Waals surface area contributed by atoms with E-state index in [4.69, 9.17) is 19.1 Å². The Morgan fingerprint density at radius 3 is 2.63 bits per heavy atom. The summed E-state index contributed by atoms with van der Waals surface area (Å²) in [7, 11) is 0. The minimum Gasteiger partial charge on any atom is -0.488 e. The largest absolute Gasteiger partial charge is 0.488 e. The fourth-order valence-corrected chi connectivity index (χ4v) is 5.04. The van der Waals surface area contributed by atoms with Crippen molar-refractivity contribution in [1.29, 1.82) is 0 Å². The molecule has 0 aliphatic carbocycles. The number of carbonyl (C=O) groups excluding carboxylic acids is 3. The Morgan fingerprint density at radius 1 is 1.18 bits per heavy atom. The van der Waals surface area contributed by atoms with Crippen LogP contribution in [0.4, 0.5) is 4.39 Å². The molecule has 3 amide bonds. The summed E-state index contributed by atoms with van der Waals surface area (Å²) in [4.78, 5) is 39.7. The zero-order valence-corrected chi connectivity index (χ0v) is 21.6. The van der Waals surface area contributed by atoms with Crippen molar-refractivity contribution in [3.05, 3.63) is 64.5 Å². The highest BCUT2D eigenvalue weighted by atomic mass is 19.1. The maximum absolute atomic E-state index is 15.3. The van der Waals surface area contributed by atoms with Gasteiger partial charge >= 0.3 is 0 Å². The Balaban J connectivity index is 1.50. The van der Waals surface area contributed by atoms with Gasteiger partial charge in [0.25, 0.3) is 5.91 Å². The molecule has 2 aromatic rings. The minimum atomic E-state index is -3.01. The number of nitrogens with zero attached hydrogens (tertiary/aromatic N) is 2. The number of imide groups is 1. The number of halogens is 1. The average molecular weight is 531 g/mol. The van der Waals surface area contributed by atoms with Crippen molar-refractivity contribution in [2.45, 2.75) is 77.3 Å². The van der Waals surface area contributed by atoms with Gasteiger partial charge in [0.05, 0.1) is 24.6 Å². The molecule has 8 nitrogen and oxygen atoms in total. The molecule has 38 heavy (non-hydrogen) atoms. The fraction of sp³-hybridized carbons (Fsp3) is 0.483. The lowest BCUT2D eigenvalue weighted by Crippen LogP contribution is -2.56. The third kappa shape index (κ3) is 5.44. The van der Waals surface area contributed by atoms with Crippen molar-refractivity contribution in [3.63, 3.8) is 0 Å². The predicted molar refractivity (Wildman–Crippen MR) is 138 cm³/mol. The van der Waals surface area contributed by atoms with Gasteiger partial charge in [-0.25, -0.2) is 4.39 Å². The summed E-state index contributed by atoms with van der Waals surface area (Å²) in [6.45, 7) is -0.370. The molecule has 3 aliphatic heterocycles. The van der Waals surface area contributed by atoms with E-state index in [0.29, 0.717) is 4.90 Å². The summed E-state index contributed by atoms with van der Waals surface area (Å²) < 4.78 is 88.4. The van der Waals surface area contributed by atoms with Gasteiger partial charge in [0.15, 0.2) is 0 Å². The number of benzene rings is 2. The maximum atomic E-state index is 15.3. The molecule has 1 unspecified atom stereocenters. The normalized spacial score (nSPS) is 29.6. The zero-order chi connectivity index (χ0) is 33.5. The van der Waals surface area contributed by atoms with Crippen LogP contribution < -0.4 is 10.1 Å². The second kappa shape index (κ2) is 9.78. The van der Waals surface area contributed by atoms with Crippen LogP contribution in [0.2, 0.25) is 0 Å². The fourth-order valence-electron chi connectivity index (χ4n) is 5.04. The lowest BCUT2D eigenvalue weighted by Gasteiger charge is -2.47. The average Bonchev–Trinajstić information content (AvgIpc) is 3.10. The Bertz CT molecular complexity index is 1590. The van der Waals surface area contributed by atoms with Crippen molar-refractivity contribution < 1.29 is 37.8 Å². The van der Waals surface area contributed by atoms with Crippen LogP contribution in [0.3, 0.4) is 0 Å². The number of morpholine rings is 1. The molecule has 0 bridgehead atoms. The molecule has 1 atom stereocenters. The first-order valence-corrected chi connectivity index (χ1v) is 12.3. The van der Waals surface area contributed by atoms with E-state index >= 15 is 4.39 Å². The SMILES string of the molecule is [2H]C([2H])(Oc1cccc2c1C([2H])([2H])N(C1([2H])CCC(=O)NC1=O)C2=O)c1cc(C([2H])([2H])N2CC(C)(C)OC(C)(C)C2)ccc1F. The first-order chi connectivity index (χ1) is 20.5. The molecular formula is C29H34FN3O5. The maximum Gasteiger partial charge on any atom is 0.255 e. The van der Waals surface area contributed by atoms with Crippen LogP contribution in [-0.4, -0.2) is 57.8 Å². The standard InChI is InChI=1S/C29H34FN3O5/c1-28(2)16-32(17-29(3,4)38-28)13-18-8-9-22(30)19(12-18)15-37-24-7-5-6-20-21(24)14-33(27(20)36)23-10-11-25(34)31-26(23)35/h5-9,12,23H,10-11,13-17H2,1-4H3,(H,31,34,35)/i13D2,14D2,15D2,23D. The highest BCUT2D eigenvalue weighted by Gasteiger charge is 2.40. The summed E-state index contributed by atoms with van der Waals surface area (Å²) in [5, 5.41) is 1.96. The number of carbonyl (C=O) groups is 3. The molecule has 2 fully saturated rings. The second-order valence-electron chi connectivity index (χ2n) is 10.7. The van der Waals surface area contributed by atoms with Gasteiger partial charge in [-0.2, -0.15) is 0 Å². The van der Waals surface area contributed by atoms with E-state index in [0.717, 1.165) is 12.1 Å². The van der Waals surface area contributed by atoms with Crippen LogP contribution in [0.5, 0.6) is 5.75 Å². The Morgan fingerprint density at radius 2 is 1.92 bits per heavy atom. The number of ether oxygens (including phenoxy) is 2. The highest BCUT2D eigenvalue weighted by Crippen LogP contribution is 2.34. The topological polar surface area (TPSA) is 88.2 Å². The molecular weight excluding hydrogens is 489 g/mol. The van der Waals surface area contributed by atoms with Gasteiger partial charge in [0.1, 0.15) is 24.1 Å². The first kappa shape index (κ1) is 18.9. The van der Waals surface area contributed by atoms with Crippen LogP contribution in [0, 0.1) is 5.82 Å². The van der Waals surface area contributed by atoms with E-state index in [1.165, 1.54) is 29.2 Å². The van der Waals surface area contributed by atoms with Crippen LogP contribution in [0.1, 0.15) is 77.2 Å². The number of amides is 3. The molecule has 5 rings (SSSR count). The Hall–Kier alpha value is -3.30. The van der Waals surface area contributed by atoms with Gasteiger partial charge in [-0.1, -0.05) is 12.1 Å². The molecule has 0 saturated carbocycles. The van der Waals surface area contributed by atoms with Crippen LogP contribution in [-0.2, 0) is 33.9 Å². The predicted octanol–water partition coefficient (Wildman–Crippen LogP) is 3.56. The number of rotatable bonds is 6. The van der Waals surface area contributed by atoms with Crippen molar-refractivity contribution in [1.82, 2.24) is 15.1 Å². The number of nitrogens with one attached hydrogen (secondary N) is 1. The molecule has 9 heteroatoms. The smallest absolute Gasteiger partial charge is 0.255 e. The van der Waals surface area contributed by atoms with E-state index in [9.17, 15) is 14.4 Å². The monoisotopic (exact) mass is 530 g/mol. The molecule has 2 aromatic carbocycles. The highest BCUT2D eigenvalue weighted by molar-refractivity contribution is 6.05. The third-order valence-electron chi connectivity index (χ3n) is 6.28. The summed E-state index contributed by atoms with van der Waals surface area (Å²) in [6, 6.07) is 4.36. The van der Waals surface area contributed by atoms with Crippen LogP contribution >= 0.6 is 0 Å². The number of piperidine rings is 1. The zero-order valence-electron chi connectivity index (χ0n) is 28.6. The molecule has 3 aliphatic rings. The minimum absolute atomic E-state index is 0.0520. The molecule has 202 valence electrons. The van der Waals surface area contributed by atoms with Crippen molar-refractivity contribution >= 4 is 17.7 Å². The van der Waals surface area contributed by atoms with Gasteiger partial charge in [0.2, 0.25) is 11.8 Å². The lowest BCUT2D eigenvalue weighted by atomic mass is 9.98. The lowest BCUT2D eigenvalue weighted by molar-refractivity contribution is -0.182. The molecule has 1 N–H and O–H groups in total. The van der Waals surface area contributed by atoms with E-state index in [1.807, 2.05) is 33.0 Å². The molecule has 0 radical (unpaired) electrons. The summed E-state index contributed by atoms with van der Waals surface area (Å²) in [6.07, 6.45) is -0.772. The van der Waals surface area contributed by atoms with Gasteiger partial charge in [0, 0.05) is 45.4 Å². The Labute approximate surface area is 231 Å². The molecule has 2 saturated heterocycles. The van der Waals surface area contributed by atoms with Gasteiger partial charge in [-0.05, 0) is 63.9 Å². The molecule has 0 aromatic heterocycles. The van der Waals surface area contributed by atoms with E-state index < -0.39 is 83.6 Å². The number of hydrogen-bond donors (Lipinski definition) is 1. The molecule has 3 heterocycles. The van der Waals surface area contributed by atoms with Gasteiger partial charge < -0.3 is 14.4 Å². The summed E-state index contributed by atoms with van der Waals surface area (Å²) in [5.74, 6) is -4.43. The number of hydrogen-bond acceptors (Lipinski definition) is 6. The van der Waals surface area contributed by atoms with Crippen molar-refractivity contribution in [2.75, 3.05) is 13.1 Å². The van der Waals surface area contributed by atoms with Crippen molar-refractivity contribution in [2.24, 2.45) is 0 Å². The number of fused-ring (bicyclic) bond motifs is 1. The summed E-state index contributed by atoms with van der Waals surface area (Å²) in [5.41, 5.74) is -2.91. The van der Waals surface area contributed by atoms with Crippen LogP contribution in [0.15, 0.2) is 36.4 Å². The quantitative estimate of drug-likeness (QED) is 0.575. The summed E-state index contributed by atoms with van der Waals surface area (Å²) >= 11 is 0. The van der Waals surface area contributed by atoms with E-state index in [-0.39, 0.29) is 30.6 Å². The van der Waals surface area contributed by atoms with Crippen LogP contribution in [0.25, 0.3) is 0 Å². The Kier molecular flexibility index (Phi) is 4.86. The first-order valence-electron chi connectivity index (χ1n) is 15.8. The van der Waals surface area contributed by atoms with Gasteiger partial charge in [-0.3, -0.25) is 24.6 Å². The van der Waals surface area contributed by atoms with E-state index in [1.54, 1.807) is 0 Å². The van der Waals surface area contributed by atoms with Gasteiger partial charge in [-0.15, -0.1) is 0 Å². The van der Waals surface area contributed by atoms with E-state index in [2.05, 4.69) is 0 Å². The molecule has 0 spiro atoms. The third-order valence-corrected chi connectivity index (χ3v) is 6.28. The second-order valence-corrected chi connectivity index (χ2v) is 10.7.